The van der Waals surface area contributed by atoms with Crippen molar-refractivity contribution < 1.29 is 0 Å². The van der Waals surface area contributed by atoms with Crippen LogP contribution >= 0.6 is 0 Å². The van der Waals surface area contributed by atoms with Crippen LogP contribution in [0.3, 0.4) is 0 Å². The SMILES string of the molecule is C1=Cc2cccc3cccc(c23)C1.CCCC=c1ccc2cccc3cccc1c32. The predicted molar refractivity (Wildman–Crippen MR) is 133 cm³/mol. The Kier molecular flexibility index (Phi) is 5.07. The second-order valence-corrected chi connectivity index (χ2v) is 8.00. The zero-order valence-electron chi connectivity index (χ0n) is 17.4. The van der Waals surface area contributed by atoms with Gasteiger partial charge in [0.2, 0.25) is 0 Å². The largest absolute Gasteiger partial charge is 0.0795 e. The Hall–Kier alpha value is -3.38. The predicted octanol–water partition coefficient (Wildman–Crippen LogP) is 7.70. The zero-order valence-corrected chi connectivity index (χ0v) is 17.4. The molecule has 0 heterocycles. The molecule has 6 rings (SSSR count). The van der Waals surface area contributed by atoms with Crippen LogP contribution in [0.1, 0.15) is 30.9 Å². The van der Waals surface area contributed by atoms with E-state index in [0.29, 0.717) is 0 Å². The van der Waals surface area contributed by atoms with E-state index in [1.165, 1.54) is 55.1 Å². The van der Waals surface area contributed by atoms with E-state index in [1.54, 1.807) is 0 Å². The molecule has 5 aromatic rings. The molecule has 0 radical (unpaired) electrons. The molecule has 0 spiro atoms. The fraction of sp³-hybridized carbons (Fsp3) is 0.133. The van der Waals surface area contributed by atoms with Gasteiger partial charge in [0.1, 0.15) is 0 Å². The molecule has 0 heteroatoms. The Morgan fingerprint density at radius 3 is 2.17 bits per heavy atom. The van der Waals surface area contributed by atoms with E-state index < -0.39 is 0 Å². The molecule has 0 unspecified atom stereocenters. The maximum Gasteiger partial charge on any atom is -0.00330 e. The standard InChI is InChI=1S/C17H16.C13H10/c1-2-3-6-13-11-12-15-8-4-7-14-9-5-10-16(13)17(14)15;1-4-10-6-2-8-12-9-3-7-11(5-1)13(10)12/h4-12H,2-3H2,1H3;1-8H,9H2. The lowest BCUT2D eigenvalue weighted by Crippen LogP contribution is -2.01. The lowest BCUT2D eigenvalue weighted by Gasteiger charge is -2.11. The summed E-state index contributed by atoms with van der Waals surface area (Å²) >= 11 is 0. The molecule has 0 saturated heterocycles. The van der Waals surface area contributed by atoms with Crippen LogP contribution in [0.4, 0.5) is 0 Å². The maximum absolute atomic E-state index is 2.35. The highest BCUT2D eigenvalue weighted by atomic mass is 14.1. The van der Waals surface area contributed by atoms with Gasteiger partial charge in [0, 0.05) is 0 Å². The summed E-state index contributed by atoms with van der Waals surface area (Å²) in [7, 11) is 0. The van der Waals surface area contributed by atoms with Crippen LogP contribution < -0.4 is 5.22 Å². The molecule has 1 aliphatic carbocycles. The summed E-state index contributed by atoms with van der Waals surface area (Å²) in [5, 5.41) is 9.63. The Morgan fingerprint density at radius 1 is 0.700 bits per heavy atom. The van der Waals surface area contributed by atoms with Gasteiger partial charge in [-0.25, -0.2) is 0 Å². The molecule has 0 aliphatic heterocycles. The first-order valence-electron chi connectivity index (χ1n) is 10.9. The second-order valence-electron chi connectivity index (χ2n) is 8.00. The molecule has 0 saturated carbocycles. The zero-order chi connectivity index (χ0) is 20.3. The van der Waals surface area contributed by atoms with Gasteiger partial charge in [0.15, 0.2) is 0 Å². The van der Waals surface area contributed by atoms with Gasteiger partial charge in [-0.05, 0) is 61.5 Å². The van der Waals surface area contributed by atoms with E-state index in [9.17, 15) is 0 Å². The molecule has 0 bridgehead atoms. The summed E-state index contributed by atoms with van der Waals surface area (Å²) in [6.07, 6.45) is 10.2. The molecular weight excluding hydrogens is 360 g/mol. The Labute approximate surface area is 178 Å². The van der Waals surface area contributed by atoms with Crippen LogP contribution in [0.25, 0.3) is 44.5 Å². The molecule has 30 heavy (non-hydrogen) atoms. The molecule has 5 aromatic carbocycles. The van der Waals surface area contributed by atoms with Gasteiger partial charge in [0.05, 0.1) is 0 Å². The minimum atomic E-state index is 1.08. The highest BCUT2D eigenvalue weighted by Crippen LogP contribution is 2.28. The first-order valence-corrected chi connectivity index (χ1v) is 10.9. The monoisotopic (exact) mass is 386 g/mol. The molecule has 0 fully saturated rings. The van der Waals surface area contributed by atoms with Crippen LogP contribution in [-0.2, 0) is 6.42 Å². The van der Waals surface area contributed by atoms with Gasteiger partial charge in [-0.3, -0.25) is 0 Å². The van der Waals surface area contributed by atoms with Crippen molar-refractivity contribution in [1.82, 2.24) is 0 Å². The van der Waals surface area contributed by atoms with E-state index in [2.05, 4.69) is 110 Å². The Morgan fingerprint density at radius 2 is 1.37 bits per heavy atom. The molecule has 1 aliphatic rings. The van der Waals surface area contributed by atoms with Crippen LogP contribution in [0, 0.1) is 0 Å². The van der Waals surface area contributed by atoms with Crippen LogP contribution in [0.15, 0.2) is 91.0 Å². The third-order valence-corrected chi connectivity index (χ3v) is 6.00. The minimum absolute atomic E-state index is 1.08. The van der Waals surface area contributed by atoms with E-state index in [-0.39, 0.29) is 0 Å². The van der Waals surface area contributed by atoms with Gasteiger partial charge < -0.3 is 0 Å². The summed E-state index contributed by atoms with van der Waals surface area (Å²) in [6, 6.07) is 30.6. The highest BCUT2D eigenvalue weighted by Gasteiger charge is 2.06. The molecule has 146 valence electrons. The third-order valence-electron chi connectivity index (χ3n) is 6.00. The Balaban J connectivity index is 0.000000133. The summed E-state index contributed by atoms with van der Waals surface area (Å²) in [6.45, 7) is 2.22. The second kappa shape index (κ2) is 8.16. The first kappa shape index (κ1) is 18.6. The van der Waals surface area contributed by atoms with Crippen molar-refractivity contribution in [1.29, 1.82) is 0 Å². The smallest absolute Gasteiger partial charge is 0.00330 e. The molecule has 0 nitrogen and oxygen atoms in total. The first-order chi connectivity index (χ1) is 14.8. The summed E-state index contributed by atoms with van der Waals surface area (Å²) in [4.78, 5) is 0. The minimum Gasteiger partial charge on any atom is -0.0795 e. The summed E-state index contributed by atoms with van der Waals surface area (Å²) in [5.74, 6) is 0. The van der Waals surface area contributed by atoms with Crippen molar-refractivity contribution in [3.8, 4) is 0 Å². The van der Waals surface area contributed by atoms with Crippen molar-refractivity contribution in [2.75, 3.05) is 0 Å². The van der Waals surface area contributed by atoms with E-state index in [4.69, 9.17) is 0 Å². The number of rotatable bonds is 2. The van der Waals surface area contributed by atoms with Crippen molar-refractivity contribution in [2.45, 2.75) is 26.2 Å². The van der Waals surface area contributed by atoms with Crippen LogP contribution in [-0.4, -0.2) is 0 Å². The summed E-state index contributed by atoms with van der Waals surface area (Å²) < 4.78 is 0. The van der Waals surface area contributed by atoms with Crippen LogP contribution in [0.2, 0.25) is 0 Å². The van der Waals surface area contributed by atoms with E-state index in [0.717, 1.165) is 12.8 Å². The average Bonchev–Trinajstić information content (AvgIpc) is 2.80. The van der Waals surface area contributed by atoms with Gasteiger partial charge in [-0.1, -0.05) is 117 Å². The highest BCUT2D eigenvalue weighted by molar-refractivity contribution is 6.10. The van der Waals surface area contributed by atoms with Gasteiger partial charge in [0.25, 0.3) is 0 Å². The molecular formula is C30H26. The fourth-order valence-electron chi connectivity index (χ4n) is 4.57. The van der Waals surface area contributed by atoms with Crippen LogP contribution in [0.5, 0.6) is 0 Å². The number of allylic oxidation sites excluding steroid dienone is 1. The van der Waals surface area contributed by atoms with Crippen molar-refractivity contribution >= 4 is 44.5 Å². The van der Waals surface area contributed by atoms with Gasteiger partial charge >= 0.3 is 0 Å². The lowest BCUT2D eigenvalue weighted by molar-refractivity contribution is 0.992. The Bertz CT molecular complexity index is 1390. The fourth-order valence-corrected chi connectivity index (χ4v) is 4.57. The topological polar surface area (TPSA) is 0 Å². The maximum atomic E-state index is 2.35. The van der Waals surface area contributed by atoms with Gasteiger partial charge in [-0.2, -0.15) is 0 Å². The van der Waals surface area contributed by atoms with Crippen molar-refractivity contribution in [3.05, 3.63) is 107 Å². The third kappa shape index (κ3) is 3.39. The average molecular weight is 387 g/mol. The molecule has 0 atom stereocenters. The lowest BCUT2D eigenvalue weighted by atomic mass is 9.93. The number of unbranched alkanes of at least 4 members (excludes halogenated alkanes) is 1. The molecule has 0 amide bonds. The summed E-state index contributed by atoms with van der Waals surface area (Å²) in [5.41, 5.74) is 2.81. The normalized spacial score (nSPS) is 13.0. The number of benzene rings is 5. The number of hydrogen-bond donors (Lipinski definition) is 0. The van der Waals surface area contributed by atoms with Crippen molar-refractivity contribution in [2.24, 2.45) is 0 Å². The molecule has 0 N–H and O–H groups in total. The van der Waals surface area contributed by atoms with Gasteiger partial charge in [-0.15, -0.1) is 0 Å². The quantitative estimate of drug-likeness (QED) is 0.291. The van der Waals surface area contributed by atoms with Crippen molar-refractivity contribution in [3.63, 3.8) is 0 Å². The van der Waals surface area contributed by atoms with E-state index in [1.807, 2.05) is 0 Å². The molecule has 0 aromatic heterocycles. The number of hydrogen-bond acceptors (Lipinski definition) is 0. The van der Waals surface area contributed by atoms with E-state index >= 15 is 0 Å².